The Morgan fingerprint density at radius 1 is 0.962 bits per heavy atom. The number of aryl methyl sites for hydroxylation is 1. The van der Waals surface area contributed by atoms with Crippen molar-refractivity contribution in [2.24, 2.45) is 0 Å². The lowest BCUT2D eigenvalue weighted by atomic mass is 10.1. The highest BCUT2D eigenvalue weighted by Crippen LogP contribution is 2.36. The monoisotopic (exact) mass is 375 g/mol. The summed E-state index contributed by atoms with van der Waals surface area (Å²) in [6.07, 6.45) is 0. The van der Waals surface area contributed by atoms with Crippen LogP contribution < -0.4 is 0 Å². The van der Waals surface area contributed by atoms with E-state index in [0.29, 0.717) is 5.15 Å². The maximum absolute atomic E-state index is 6.84. The Kier molecular flexibility index (Phi) is 3.55. The van der Waals surface area contributed by atoms with E-state index in [1.54, 1.807) is 11.3 Å². The molecule has 26 heavy (non-hydrogen) atoms. The van der Waals surface area contributed by atoms with Crippen LogP contribution in [0, 0.1) is 6.92 Å². The summed E-state index contributed by atoms with van der Waals surface area (Å²) >= 11 is 8.48. The Bertz CT molecular complexity index is 1250. The molecule has 0 unspecified atom stereocenters. The zero-order valence-electron chi connectivity index (χ0n) is 14.0. The predicted molar refractivity (Wildman–Crippen MR) is 109 cm³/mol. The number of para-hydroxylation sites is 2. The van der Waals surface area contributed by atoms with E-state index in [1.807, 2.05) is 46.9 Å². The first kappa shape index (κ1) is 15.6. The average Bonchev–Trinajstić information content (AvgIpc) is 3.27. The van der Waals surface area contributed by atoms with E-state index in [9.17, 15) is 0 Å². The van der Waals surface area contributed by atoms with E-state index < -0.39 is 0 Å². The van der Waals surface area contributed by atoms with Crippen LogP contribution in [-0.2, 0) is 0 Å². The highest BCUT2D eigenvalue weighted by Gasteiger charge is 2.17. The number of halogens is 1. The van der Waals surface area contributed by atoms with Crippen molar-refractivity contribution in [3.05, 3.63) is 76.8 Å². The first-order valence-electron chi connectivity index (χ1n) is 8.30. The third-order valence-corrected chi connectivity index (χ3v) is 5.76. The van der Waals surface area contributed by atoms with Crippen LogP contribution in [0.1, 0.15) is 5.56 Å². The number of pyridine rings is 1. The van der Waals surface area contributed by atoms with Crippen LogP contribution in [0.3, 0.4) is 0 Å². The fourth-order valence-corrected chi connectivity index (χ4v) is 4.54. The van der Waals surface area contributed by atoms with Gasteiger partial charge in [0.1, 0.15) is 15.8 Å². The molecule has 3 aromatic heterocycles. The second-order valence-corrected chi connectivity index (χ2v) is 7.41. The summed E-state index contributed by atoms with van der Waals surface area (Å²) in [6.45, 7) is 2.06. The van der Waals surface area contributed by atoms with Gasteiger partial charge in [-0.25, -0.2) is 9.97 Å². The lowest BCUT2D eigenvalue weighted by Gasteiger charge is -2.09. The van der Waals surface area contributed by atoms with Crippen molar-refractivity contribution in [2.45, 2.75) is 6.92 Å². The second kappa shape index (κ2) is 5.94. The lowest BCUT2D eigenvalue weighted by molar-refractivity contribution is 1.20. The maximum atomic E-state index is 6.84. The van der Waals surface area contributed by atoms with Gasteiger partial charge in [0.05, 0.1) is 16.7 Å². The van der Waals surface area contributed by atoms with Crippen molar-refractivity contribution in [1.82, 2.24) is 14.4 Å². The topological polar surface area (TPSA) is 30.2 Å². The third-order valence-electron chi connectivity index (χ3n) is 4.51. The first-order valence-corrected chi connectivity index (χ1v) is 9.56. The summed E-state index contributed by atoms with van der Waals surface area (Å²) in [4.78, 5) is 9.53. The number of imidazole rings is 1. The molecule has 0 fully saturated rings. The largest absolute Gasteiger partial charge is 0.282 e. The number of thiazole rings is 1. The van der Waals surface area contributed by atoms with Gasteiger partial charge in [-0.05, 0) is 30.7 Å². The normalized spacial score (nSPS) is 11.5. The summed E-state index contributed by atoms with van der Waals surface area (Å²) < 4.78 is 2.00. The van der Waals surface area contributed by atoms with Gasteiger partial charge < -0.3 is 0 Å². The van der Waals surface area contributed by atoms with Crippen molar-refractivity contribution >= 4 is 39.6 Å². The highest BCUT2D eigenvalue weighted by atomic mass is 35.5. The van der Waals surface area contributed by atoms with E-state index >= 15 is 0 Å². The van der Waals surface area contributed by atoms with Crippen molar-refractivity contribution < 1.29 is 0 Å². The smallest absolute Gasteiger partial charge is 0.139 e. The SMILES string of the molecule is Cc1cc2nc3ccccc3n2c(Cl)c1-c1csc(-c2ccccc2)n1. The van der Waals surface area contributed by atoms with Crippen LogP contribution in [0.15, 0.2) is 66.0 Å². The molecule has 0 bridgehead atoms. The molecule has 5 aromatic rings. The van der Waals surface area contributed by atoms with Crippen LogP contribution in [0.2, 0.25) is 5.15 Å². The van der Waals surface area contributed by atoms with Gasteiger partial charge in [-0.1, -0.05) is 54.1 Å². The van der Waals surface area contributed by atoms with Crippen LogP contribution in [0.4, 0.5) is 0 Å². The fraction of sp³-hybridized carbons (Fsp3) is 0.0476. The number of aromatic nitrogens is 3. The molecular weight excluding hydrogens is 362 g/mol. The van der Waals surface area contributed by atoms with Gasteiger partial charge in [0.15, 0.2) is 0 Å². The molecule has 0 saturated heterocycles. The summed E-state index contributed by atoms with van der Waals surface area (Å²) in [7, 11) is 0. The number of fused-ring (bicyclic) bond motifs is 3. The Balaban J connectivity index is 1.74. The molecule has 126 valence electrons. The van der Waals surface area contributed by atoms with Crippen molar-refractivity contribution in [3.63, 3.8) is 0 Å². The highest BCUT2D eigenvalue weighted by molar-refractivity contribution is 7.13. The quantitative estimate of drug-likeness (QED) is 0.342. The average molecular weight is 376 g/mol. The molecule has 0 aliphatic rings. The van der Waals surface area contributed by atoms with Crippen LogP contribution in [-0.4, -0.2) is 14.4 Å². The summed E-state index contributed by atoms with van der Waals surface area (Å²) in [5, 5.41) is 3.71. The van der Waals surface area contributed by atoms with E-state index in [2.05, 4.69) is 35.5 Å². The summed E-state index contributed by atoms with van der Waals surface area (Å²) in [6, 6.07) is 20.3. The molecule has 0 amide bonds. The molecule has 0 N–H and O–H groups in total. The molecule has 3 heterocycles. The zero-order valence-corrected chi connectivity index (χ0v) is 15.6. The molecule has 0 aliphatic heterocycles. The Labute approximate surface area is 159 Å². The van der Waals surface area contributed by atoms with Crippen molar-refractivity contribution in [2.75, 3.05) is 0 Å². The predicted octanol–water partition coefficient (Wildman–Crippen LogP) is 6.24. The molecule has 0 saturated carbocycles. The number of rotatable bonds is 2. The van der Waals surface area contributed by atoms with E-state index in [-0.39, 0.29) is 0 Å². The van der Waals surface area contributed by atoms with Crippen LogP contribution in [0.5, 0.6) is 0 Å². The van der Waals surface area contributed by atoms with Gasteiger partial charge in [-0.3, -0.25) is 4.40 Å². The van der Waals surface area contributed by atoms with E-state index in [4.69, 9.17) is 16.6 Å². The second-order valence-electron chi connectivity index (χ2n) is 6.19. The van der Waals surface area contributed by atoms with Crippen LogP contribution in [0.25, 0.3) is 38.5 Å². The number of nitrogens with zero attached hydrogens (tertiary/aromatic N) is 3. The van der Waals surface area contributed by atoms with Gasteiger partial charge in [0.2, 0.25) is 0 Å². The van der Waals surface area contributed by atoms with Gasteiger partial charge in [0, 0.05) is 16.5 Å². The van der Waals surface area contributed by atoms with E-state index in [1.165, 1.54) is 0 Å². The molecule has 0 spiro atoms. The lowest BCUT2D eigenvalue weighted by Crippen LogP contribution is -1.95. The molecule has 0 aliphatic carbocycles. The zero-order chi connectivity index (χ0) is 17.7. The molecule has 5 heteroatoms. The Morgan fingerprint density at radius 3 is 2.58 bits per heavy atom. The summed E-state index contributed by atoms with van der Waals surface area (Å²) in [5.74, 6) is 0. The minimum absolute atomic E-state index is 0.651. The minimum atomic E-state index is 0.651. The Hall–Kier alpha value is -2.69. The maximum Gasteiger partial charge on any atom is 0.139 e. The van der Waals surface area contributed by atoms with Gasteiger partial charge in [-0.2, -0.15) is 0 Å². The van der Waals surface area contributed by atoms with Crippen molar-refractivity contribution in [3.8, 4) is 21.8 Å². The number of hydrogen-bond acceptors (Lipinski definition) is 3. The standard InChI is InChI=1S/C21H14ClN3S/c1-13-11-18-23-15-9-5-6-10-17(15)25(18)20(22)19(13)16-12-26-21(24-16)14-7-3-2-4-8-14/h2-12H,1H3. The van der Waals surface area contributed by atoms with Gasteiger partial charge in [0.25, 0.3) is 0 Å². The Morgan fingerprint density at radius 2 is 1.73 bits per heavy atom. The van der Waals surface area contributed by atoms with Crippen LogP contribution >= 0.6 is 22.9 Å². The number of benzene rings is 2. The molecule has 0 radical (unpaired) electrons. The van der Waals surface area contributed by atoms with Gasteiger partial charge >= 0.3 is 0 Å². The van der Waals surface area contributed by atoms with Crippen molar-refractivity contribution in [1.29, 1.82) is 0 Å². The molecule has 3 nitrogen and oxygen atoms in total. The first-order chi connectivity index (χ1) is 12.7. The molecule has 5 rings (SSSR count). The molecule has 0 atom stereocenters. The number of hydrogen-bond donors (Lipinski definition) is 0. The fourth-order valence-electron chi connectivity index (χ4n) is 3.30. The minimum Gasteiger partial charge on any atom is -0.282 e. The molecule has 2 aromatic carbocycles. The summed E-state index contributed by atoms with van der Waals surface area (Å²) in [5.41, 5.74) is 6.85. The van der Waals surface area contributed by atoms with Gasteiger partial charge in [-0.15, -0.1) is 11.3 Å². The molecular formula is C21H14ClN3S. The third kappa shape index (κ3) is 2.34. The van der Waals surface area contributed by atoms with E-state index in [0.717, 1.165) is 44.1 Å².